The number of nitriles is 1. The average Bonchev–Trinajstić information content (AvgIpc) is 3.17. The van der Waals surface area contributed by atoms with Gasteiger partial charge in [-0.2, -0.15) is 5.26 Å². The SMILES string of the molecule is CCOC(=O)C1=C(C)N=c2s/c(=C\c3cc(I)cc(I)c3OCC#N)c(=O)n2[C@H]1c1ccc(OCC)cc1. The van der Waals surface area contributed by atoms with Crippen molar-refractivity contribution in [2.45, 2.75) is 26.8 Å². The quantitative estimate of drug-likeness (QED) is 0.251. The summed E-state index contributed by atoms with van der Waals surface area (Å²) in [5, 5.41) is 9.02. The molecule has 0 fully saturated rings. The van der Waals surface area contributed by atoms with Crippen molar-refractivity contribution >= 4 is 68.6 Å². The first-order valence-electron chi connectivity index (χ1n) is 11.7. The van der Waals surface area contributed by atoms with E-state index in [1.54, 1.807) is 24.5 Å². The van der Waals surface area contributed by atoms with Gasteiger partial charge in [0.1, 0.15) is 17.6 Å². The van der Waals surface area contributed by atoms with Crippen molar-refractivity contribution in [2.75, 3.05) is 19.8 Å². The summed E-state index contributed by atoms with van der Waals surface area (Å²) in [6.45, 7) is 6.01. The van der Waals surface area contributed by atoms with Crippen LogP contribution in [0.3, 0.4) is 0 Å². The maximum atomic E-state index is 13.9. The Morgan fingerprint density at radius 2 is 1.92 bits per heavy atom. The molecule has 0 saturated carbocycles. The largest absolute Gasteiger partial charge is 0.494 e. The van der Waals surface area contributed by atoms with Gasteiger partial charge in [0.15, 0.2) is 11.4 Å². The number of fused-ring (bicyclic) bond motifs is 1. The molecule has 11 heteroatoms. The number of esters is 1. The summed E-state index contributed by atoms with van der Waals surface area (Å²) in [5.41, 5.74) is 1.94. The third kappa shape index (κ3) is 5.81. The molecule has 0 N–H and O–H groups in total. The predicted octanol–water partition coefficient (Wildman–Crippen LogP) is 4.31. The highest BCUT2D eigenvalue weighted by Crippen LogP contribution is 2.32. The highest BCUT2D eigenvalue weighted by Gasteiger charge is 2.33. The number of hydrogen-bond acceptors (Lipinski definition) is 8. The Hall–Kier alpha value is -2.70. The van der Waals surface area contributed by atoms with Crippen LogP contribution in [-0.4, -0.2) is 30.4 Å². The third-order valence-corrected chi connectivity index (χ3v) is 8.04. The zero-order valence-electron chi connectivity index (χ0n) is 20.8. The Morgan fingerprint density at radius 3 is 2.58 bits per heavy atom. The van der Waals surface area contributed by atoms with Crippen molar-refractivity contribution in [2.24, 2.45) is 4.99 Å². The number of carbonyl (C=O) groups excluding carboxylic acids is 1. The van der Waals surface area contributed by atoms with Crippen molar-refractivity contribution in [3.05, 3.63) is 85.6 Å². The zero-order chi connectivity index (χ0) is 27.4. The Bertz CT molecular complexity index is 1630. The predicted molar refractivity (Wildman–Crippen MR) is 161 cm³/mol. The number of halogens is 2. The molecular weight excluding hydrogens is 732 g/mol. The molecule has 2 heterocycles. The number of rotatable bonds is 8. The van der Waals surface area contributed by atoms with Crippen LogP contribution in [0.15, 0.2) is 57.5 Å². The van der Waals surface area contributed by atoms with E-state index in [0.717, 1.165) is 12.7 Å². The minimum Gasteiger partial charge on any atom is -0.494 e. The molecule has 1 aliphatic rings. The smallest absolute Gasteiger partial charge is 0.338 e. The van der Waals surface area contributed by atoms with Crippen LogP contribution in [0.1, 0.15) is 37.9 Å². The maximum Gasteiger partial charge on any atom is 0.338 e. The van der Waals surface area contributed by atoms with E-state index >= 15 is 0 Å². The van der Waals surface area contributed by atoms with Gasteiger partial charge in [-0.3, -0.25) is 9.36 Å². The second-order valence-corrected chi connectivity index (χ2v) is 11.5. The summed E-state index contributed by atoms with van der Waals surface area (Å²) >= 11 is 5.59. The number of carbonyl (C=O) groups is 1. The van der Waals surface area contributed by atoms with Crippen LogP contribution in [0.2, 0.25) is 0 Å². The van der Waals surface area contributed by atoms with Gasteiger partial charge in [0.2, 0.25) is 0 Å². The van der Waals surface area contributed by atoms with Gasteiger partial charge in [-0.1, -0.05) is 23.5 Å². The second kappa shape index (κ2) is 12.4. The molecule has 1 aromatic heterocycles. The lowest BCUT2D eigenvalue weighted by molar-refractivity contribution is -0.139. The number of hydrogen-bond donors (Lipinski definition) is 0. The standard InChI is InChI=1S/C27H23I2N3O5S/c1-4-35-19-8-6-16(7-9-19)23-22(26(34)36-5-2)15(3)31-27-32(23)25(33)21(38-27)13-17-12-18(28)14-20(29)24(17)37-11-10-30/h6-9,12-14,23H,4-5,11H2,1-3H3/b21-13-/t23-/m0/s1. The van der Waals surface area contributed by atoms with E-state index in [9.17, 15) is 9.59 Å². The van der Waals surface area contributed by atoms with E-state index in [4.69, 9.17) is 19.5 Å². The van der Waals surface area contributed by atoms with Gasteiger partial charge in [-0.15, -0.1) is 0 Å². The van der Waals surface area contributed by atoms with E-state index < -0.39 is 12.0 Å². The lowest BCUT2D eigenvalue weighted by Gasteiger charge is -2.24. The first-order chi connectivity index (χ1) is 18.3. The van der Waals surface area contributed by atoms with Crippen LogP contribution in [0.25, 0.3) is 6.08 Å². The highest BCUT2D eigenvalue weighted by atomic mass is 127. The van der Waals surface area contributed by atoms with Crippen LogP contribution < -0.4 is 24.4 Å². The molecule has 0 aliphatic carbocycles. The minimum absolute atomic E-state index is 0.113. The normalized spacial score (nSPS) is 14.9. The van der Waals surface area contributed by atoms with E-state index in [2.05, 4.69) is 50.2 Å². The Labute approximate surface area is 250 Å². The Balaban J connectivity index is 1.94. The van der Waals surface area contributed by atoms with Gasteiger partial charge in [-0.25, -0.2) is 9.79 Å². The van der Waals surface area contributed by atoms with Crippen molar-refractivity contribution in [1.82, 2.24) is 4.57 Å². The van der Waals surface area contributed by atoms with Crippen LogP contribution in [0, 0.1) is 18.5 Å². The third-order valence-electron chi connectivity index (χ3n) is 5.63. The summed E-state index contributed by atoms with van der Waals surface area (Å²) in [4.78, 5) is 32.1. The summed E-state index contributed by atoms with van der Waals surface area (Å²) in [6, 6.07) is 12.4. The van der Waals surface area contributed by atoms with Crippen molar-refractivity contribution in [3.63, 3.8) is 0 Å². The zero-order valence-corrected chi connectivity index (χ0v) is 25.9. The van der Waals surface area contributed by atoms with Gasteiger partial charge < -0.3 is 14.2 Å². The number of benzene rings is 2. The first-order valence-corrected chi connectivity index (χ1v) is 14.7. The number of nitrogens with zero attached hydrogens (tertiary/aromatic N) is 3. The molecule has 1 aliphatic heterocycles. The molecule has 38 heavy (non-hydrogen) atoms. The molecule has 0 amide bonds. The van der Waals surface area contributed by atoms with E-state index in [1.807, 2.05) is 49.4 Å². The van der Waals surface area contributed by atoms with Crippen LogP contribution in [0.5, 0.6) is 11.5 Å². The van der Waals surface area contributed by atoms with E-state index in [-0.39, 0.29) is 18.8 Å². The van der Waals surface area contributed by atoms with Gasteiger partial charge in [0, 0.05) is 9.13 Å². The lowest BCUT2D eigenvalue weighted by Crippen LogP contribution is -2.39. The van der Waals surface area contributed by atoms with Crippen molar-refractivity contribution < 1.29 is 19.0 Å². The molecule has 0 saturated heterocycles. The molecule has 0 radical (unpaired) electrons. The topological polar surface area (TPSA) is 103 Å². The molecule has 4 rings (SSSR count). The first kappa shape index (κ1) is 28.3. The number of aromatic nitrogens is 1. The number of allylic oxidation sites excluding steroid dienone is 1. The molecule has 196 valence electrons. The van der Waals surface area contributed by atoms with Crippen molar-refractivity contribution in [1.29, 1.82) is 5.26 Å². The lowest BCUT2D eigenvalue weighted by atomic mass is 9.96. The molecule has 2 aromatic carbocycles. The summed E-state index contributed by atoms with van der Waals surface area (Å²) in [7, 11) is 0. The van der Waals surface area contributed by atoms with E-state index in [0.29, 0.717) is 44.3 Å². The fourth-order valence-electron chi connectivity index (χ4n) is 4.11. The van der Waals surface area contributed by atoms with Crippen LogP contribution in [0.4, 0.5) is 0 Å². The molecule has 0 spiro atoms. The van der Waals surface area contributed by atoms with Gasteiger partial charge >= 0.3 is 5.97 Å². The molecular formula is C27H23I2N3O5S. The molecule has 0 unspecified atom stereocenters. The Kier molecular flexibility index (Phi) is 9.27. The van der Waals surface area contributed by atoms with Crippen LogP contribution >= 0.6 is 56.5 Å². The van der Waals surface area contributed by atoms with E-state index in [1.165, 1.54) is 11.3 Å². The summed E-state index contributed by atoms with van der Waals surface area (Å²) in [5.74, 6) is 0.714. The van der Waals surface area contributed by atoms with Crippen LogP contribution in [-0.2, 0) is 9.53 Å². The van der Waals surface area contributed by atoms with Gasteiger partial charge in [0.05, 0.1) is 38.6 Å². The summed E-state index contributed by atoms with van der Waals surface area (Å²) in [6.07, 6.45) is 1.75. The van der Waals surface area contributed by atoms with Gasteiger partial charge in [0.25, 0.3) is 5.56 Å². The fraction of sp³-hybridized carbons (Fsp3) is 0.259. The highest BCUT2D eigenvalue weighted by molar-refractivity contribution is 14.1. The molecule has 0 bridgehead atoms. The monoisotopic (exact) mass is 755 g/mol. The second-order valence-electron chi connectivity index (χ2n) is 8.06. The Morgan fingerprint density at radius 1 is 1.18 bits per heavy atom. The minimum atomic E-state index is -0.714. The number of thiazole rings is 1. The van der Waals surface area contributed by atoms with Gasteiger partial charge in [-0.05, 0) is 102 Å². The van der Waals surface area contributed by atoms with Crippen molar-refractivity contribution in [3.8, 4) is 17.6 Å². The molecule has 3 aromatic rings. The summed E-state index contributed by atoms with van der Waals surface area (Å²) < 4.78 is 20.4. The maximum absolute atomic E-state index is 13.9. The molecule has 8 nitrogen and oxygen atoms in total. The molecule has 1 atom stereocenters. The fourth-order valence-corrected chi connectivity index (χ4v) is 7.19. The number of ether oxygens (including phenoxy) is 3. The average molecular weight is 755 g/mol.